The second kappa shape index (κ2) is 6.86. The van der Waals surface area contributed by atoms with Crippen LogP contribution in [0.2, 0.25) is 4.34 Å². The number of carbonyl (C=O) groups is 1. The molecular weight excluding hydrogens is 346 g/mol. The lowest BCUT2D eigenvalue weighted by molar-refractivity contribution is 0.0745. The normalized spacial score (nSPS) is 18.1. The van der Waals surface area contributed by atoms with Crippen molar-refractivity contribution in [3.05, 3.63) is 33.1 Å². The number of ether oxygens (including phenoxy) is 1. The highest BCUT2D eigenvalue weighted by Gasteiger charge is 2.29. The average molecular weight is 368 g/mol. The number of anilines is 1. The van der Waals surface area contributed by atoms with Crippen LogP contribution < -0.4 is 5.32 Å². The van der Waals surface area contributed by atoms with Crippen molar-refractivity contribution in [2.75, 3.05) is 11.9 Å². The first-order chi connectivity index (χ1) is 11.3. The maximum absolute atomic E-state index is 12.7. The Hall–Kier alpha value is -1.37. The van der Waals surface area contributed by atoms with Crippen LogP contribution >= 0.6 is 22.9 Å². The summed E-state index contributed by atoms with van der Waals surface area (Å²) in [5.41, 5.74) is 0.305. The Morgan fingerprint density at radius 2 is 2.29 bits per heavy atom. The zero-order chi connectivity index (χ0) is 17.3. The minimum Gasteiger partial charge on any atom is -0.372 e. The zero-order valence-electron chi connectivity index (χ0n) is 14.1. The maximum Gasteiger partial charge on any atom is 0.254 e. The molecule has 24 heavy (non-hydrogen) atoms. The highest BCUT2D eigenvalue weighted by atomic mass is 35.5. The molecule has 0 radical (unpaired) electrons. The summed E-state index contributed by atoms with van der Waals surface area (Å²) in [7, 11) is 0. The summed E-state index contributed by atoms with van der Waals surface area (Å²) in [5, 5.41) is 7.85. The van der Waals surface area contributed by atoms with Gasteiger partial charge in [-0.05, 0) is 25.0 Å². The third-order valence-electron chi connectivity index (χ3n) is 3.89. The SMILES string of the molecule is CC(C)(C)C(=O)n1nc(C2CCCO2)cc1NCc1ccc(Cl)s1. The van der Waals surface area contributed by atoms with Crippen molar-refractivity contribution in [3.8, 4) is 0 Å². The van der Waals surface area contributed by atoms with Crippen LogP contribution in [0.1, 0.15) is 55.1 Å². The van der Waals surface area contributed by atoms with Gasteiger partial charge in [0.25, 0.3) is 5.91 Å². The first-order valence-electron chi connectivity index (χ1n) is 8.09. The van der Waals surface area contributed by atoms with Gasteiger partial charge in [-0.15, -0.1) is 11.3 Å². The molecule has 3 heterocycles. The van der Waals surface area contributed by atoms with Crippen molar-refractivity contribution >= 4 is 34.7 Å². The van der Waals surface area contributed by atoms with E-state index in [4.69, 9.17) is 16.3 Å². The van der Waals surface area contributed by atoms with E-state index in [1.54, 1.807) is 0 Å². The van der Waals surface area contributed by atoms with E-state index in [1.807, 2.05) is 39.0 Å². The van der Waals surface area contributed by atoms with Gasteiger partial charge >= 0.3 is 0 Å². The van der Waals surface area contributed by atoms with Crippen molar-refractivity contribution in [2.24, 2.45) is 5.41 Å². The quantitative estimate of drug-likeness (QED) is 0.847. The van der Waals surface area contributed by atoms with E-state index in [2.05, 4.69) is 10.4 Å². The molecule has 1 aliphatic heterocycles. The second-order valence-corrected chi connectivity index (χ2v) is 8.78. The molecule has 130 valence electrons. The summed E-state index contributed by atoms with van der Waals surface area (Å²) in [5.74, 6) is 0.656. The molecule has 1 fully saturated rings. The standard InChI is InChI=1S/C17H22ClN3O2S/c1-17(2,3)16(22)21-15(19-10-11-6-7-14(18)24-11)9-12(20-21)13-5-4-8-23-13/h6-7,9,13,19H,4-5,8,10H2,1-3H3. The first-order valence-corrected chi connectivity index (χ1v) is 9.28. The number of hydrogen-bond donors (Lipinski definition) is 1. The molecule has 5 nitrogen and oxygen atoms in total. The number of thiophene rings is 1. The van der Waals surface area contributed by atoms with Gasteiger partial charge in [0.1, 0.15) is 11.9 Å². The molecule has 2 aromatic rings. The maximum atomic E-state index is 12.7. The van der Waals surface area contributed by atoms with Gasteiger partial charge in [0.2, 0.25) is 0 Å². The molecule has 1 saturated heterocycles. The Labute approximate surface area is 151 Å². The number of hydrogen-bond acceptors (Lipinski definition) is 5. The minimum absolute atomic E-state index is 0.0178. The van der Waals surface area contributed by atoms with Crippen LogP contribution in [0.5, 0.6) is 0 Å². The van der Waals surface area contributed by atoms with Crippen molar-refractivity contribution < 1.29 is 9.53 Å². The second-order valence-electron chi connectivity index (χ2n) is 6.98. The molecule has 0 spiro atoms. The Morgan fingerprint density at radius 3 is 2.88 bits per heavy atom. The van der Waals surface area contributed by atoms with Gasteiger partial charge < -0.3 is 10.1 Å². The van der Waals surface area contributed by atoms with E-state index in [-0.39, 0.29) is 12.0 Å². The zero-order valence-corrected chi connectivity index (χ0v) is 15.7. The molecule has 3 rings (SSSR count). The lowest BCUT2D eigenvalue weighted by Crippen LogP contribution is -2.29. The summed E-state index contributed by atoms with van der Waals surface area (Å²) >= 11 is 7.50. The van der Waals surface area contributed by atoms with Crippen LogP contribution in [-0.2, 0) is 11.3 Å². The Bertz CT molecular complexity index is 727. The number of aromatic nitrogens is 2. The van der Waals surface area contributed by atoms with Crippen LogP contribution in [0, 0.1) is 5.41 Å². The number of rotatable bonds is 4. The monoisotopic (exact) mass is 367 g/mol. The van der Waals surface area contributed by atoms with Gasteiger partial charge in [-0.3, -0.25) is 4.79 Å². The highest BCUT2D eigenvalue weighted by Crippen LogP contribution is 2.31. The summed E-state index contributed by atoms with van der Waals surface area (Å²) < 4.78 is 7.94. The first kappa shape index (κ1) is 17.5. The number of carbonyl (C=O) groups excluding carboxylic acids is 1. The summed E-state index contributed by atoms with van der Waals surface area (Å²) in [6.07, 6.45) is 1.96. The Balaban J connectivity index is 1.85. The molecule has 0 bridgehead atoms. The van der Waals surface area contributed by atoms with Crippen LogP contribution in [0.4, 0.5) is 5.82 Å². The summed E-state index contributed by atoms with van der Waals surface area (Å²) in [6, 6.07) is 5.78. The number of nitrogens with one attached hydrogen (secondary N) is 1. The van der Waals surface area contributed by atoms with Crippen molar-refractivity contribution in [2.45, 2.75) is 46.3 Å². The smallest absolute Gasteiger partial charge is 0.254 e. The molecule has 0 aliphatic carbocycles. The van der Waals surface area contributed by atoms with E-state index in [1.165, 1.54) is 16.0 Å². The van der Waals surface area contributed by atoms with Crippen LogP contribution in [0.25, 0.3) is 0 Å². The fourth-order valence-corrected chi connectivity index (χ4v) is 3.62. The molecule has 2 aromatic heterocycles. The van der Waals surface area contributed by atoms with Crippen LogP contribution in [0.3, 0.4) is 0 Å². The molecule has 0 amide bonds. The molecule has 1 N–H and O–H groups in total. The van der Waals surface area contributed by atoms with Crippen molar-refractivity contribution in [1.82, 2.24) is 9.78 Å². The van der Waals surface area contributed by atoms with Gasteiger partial charge in [-0.25, -0.2) is 0 Å². The minimum atomic E-state index is -0.511. The Kier molecular flexibility index (Phi) is 4.99. The molecule has 1 unspecified atom stereocenters. The summed E-state index contributed by atoms with van der Waals surface area (Å²) in [4.78, 5) is 13.8. The molecule has 0 aromatic carbocycles. The summed E-state index contributed by atoms with van der Waals surface area (Å²) in [6.45, 7) is 7.04. The van der Waals surface area contributed by atoms with Crippen LogP contribution in [0.15, 0.2) is 18.2 Å². The van der Waals surface area contributed by atoms with E-state index in [0.717, 1.165) is 34.4 Å². The van der Waals surface area contributed by atoms with Gasteiger partial charge in [-0.2, -0.15) is 9.78 Å². The molecular formula is C17H22ClN3O2S. The predicted molar refractivity (Wildman–Crippen MR) is 96.9 cm³/mol. The topological polar surface area (TPSA) is 56.2 Å². The Morgan fingerprint density at radius 1 is 1.50 bits per heavy atom. The lowest BCUT2D eigenvalue weighted by atomic mass is 9.96. The third kappa shape index (κ3) is 3.82. The van der Waals surface area contributed by atoms with Crippen molar-refractivity contribution in [1.29, 1.82) is 0 Å². The molecule has 0 saturated carbocycles. The highest BCUT2D eigenvalue weighted by molar-refractivity contribution is 7.16. The van der Waals surface area contributed by atoms with Gasteiger partial charge in [-0.1, -0.05) is 32.4 Å². The third-order valence-corrected chi connectivity index (χ3v) is 5.13. The van der Waals surface area contributed by atoms with E-state index >= 15 is 0 Å². The largest absolute Gasteiger partial charge is 0.372 e. The molecule has 1 atom stereocenters. The fourth-order valence-electron chi connectivity index (χ4n) is 2.59. The molecule has 1 aliphatic rings. The van der Waals surface area contributed by atoms with E-state index in [9.17, 15) is 4.79 Å². The van der Waals surface area contributed by atoms with Gasteiger partial charge in [0, 0.05) is 23.0 Å². The number of halogens is 1. The van der Waals surface area contributed by atoms with Gasteiger partial charge in [0.15, 0.2) is 0 Å². The van der Waals surface area contributed by atoms with Crippen molar-refractivity contribution in [3.63, 3.8) is 0 Å². The van der Waals surface area contributed by atoms with Gasteiger partial charge in [0.05, 0.1) is 16.6 Å². The van der Waals surface area contributed by atoms with E-state index < -0.39 is 5.41 Å². The predicted octanol–water partition coefficient (Wildman–Crippen LogP) is 4.75. The average Bonchev–Trinajstić information content (AvgIpc) is 3.23. The van der Waals surface area contributed by atoms with Crippen LogP contribution in [-0.4, -0.2) is 22.3 Å². The fraction of sp³-hybridized carbons (Fsp3) is 0.529. The molecule has 7 heteroatoms. The lowest BCUT2D eigenvalue weighted by Gasteiger charge is -2.18. The number of nitrogens with zero attached hydrogens (tertiary/aromatic N) is 2. The van der Waals surface area contributed by atoms with E-state index in [0.29, 0.717) is 12.4 Å².